The Bertz CT molecular complexity index is 1210. The van der Waals surface area contributed by atoms with Crippen LogP contribution in [-0.2, 0) is 11.3 Å². The third kappa shape index (κ3) is 3.52. The third-order valence-electron chi connectivity index (χ3n) is 6.04. The van der Waals surface area contributed by atoms with E-state index in [2.05, 4.69) is 15.3 Å². The highest BCUT2D eigenvalue weighted by molar-refractivity contribution is 6.30. The van der Waals surface area contributed by atoms with Crippen LogP contribution in [0.25, 0.3) is 11.1 Å². The third-order valence-corrected chi connectivity index (χ3v) is 6.28. The van der Waals surface area contributed by atoms with Crippen molar-refractivity contribution in [2.45, 2.75) is 32.0 Å². The maximum absolute atomic E-state index is 13.3. The quantitative estimate of drug-likeness (QED) is 0.631. The summed E-state index contributed by atoms with van der Waals surface area (Å²) in [5, 5.41) is 3.66. The minimum absolute atomic E-state index is 0.00330. The zero-order valence-electron chi connectivity index (χ0n) is 17.7. The number of hydrogen-bond acceptors (Lipinski definition) is 7. The average molecular weight is 456 g/mol. The summed E-state index contributed by atoms with van der Waals surface area (Å²) < 4.78 is 11.3. The van der Waals surface area contributed by atoms with E-state index in [1.54, 1.807) is 42.3 Å². The fourth-order valence-corrected chi connectivity index (χ4v) is 4.35. The van der Waals surface area contributed by atoms with E-state index in [4.69, 9.17) is 20.8 Å². The molecule has 3 aromatic rings. The number of nitrogens with zero attached hydrogens (tertiary/aromatic N) is 4. The molecule has 32 heavy (non-hydrogen) atoms. The largest absolute Gasteiger partial charge is 0.493 e. The Hall–Kier alpha value is -3.33. The lowest BCUT2D eigenvalue weighted by atomic mass is 9.95. The van der Waals surface area contributed by atoms with E-state index < -0.39 is 6.04 Å². The van der Waals surface area contributed by atoms with Gasteiger partial charge in [-0.2, -0.15) is 4.98 Å². The standard InChI is InChI=1S/C22H22ClN5O4/c1-12-20(29)27-6-4-16(27)11-28(12)21(30)13-7-17-19(18(8-13)31-2)32-22(26-17)25-10-15-9-14(23)3-5-24-15/h3,5,7-9,12,16H,4,6,10-11H2,1-2H3,(H,25,26). The molecular weight excluding hydrogens is 434 g/mol. The number of aromatic nitrogens is 2. The van der Waals surface area contributed by atoms with Crippen molar-refractivity contribution in [1.82, 2.24) is 19.8 Å². The van der Waals surface area contributed by atoms with Crippen LogP contribution in [-0.4, -0.2) is 63.9 Å². The van der Waals surface area contributed by atoms with Gasteiger partial charge in [-0.15, -0.1) is 0 Å². The average Bonchev–Trinajstić information content (AvgIpc) is 3.18. The van der Waals surface area contributed by atoms with E-state index in [0.717, 1.165) is 18.7 Å². The molecule has 10 heteroatoms. The Morgan fingerprint density at radius 2 is 2.22 bits per heavy atom. The van der Waals surface area contributed by atoms with Crippen molar-refractivity contribution in [2.24, 2.45) is 0 Å². The predicted molar refractivity (Wildman–Crippen MR) is 118 cm³/mol. The molecule has 0 spiro atoms. The number of ether oxygens (including phenoxy) is 1. The topological polar surface area (TPSA) is 101 Å². The van der Waals surface area contributed by atoms with E-state index in [1.165, 1.54) is 7.11 Å². The van der Waals surface area contributed by atoms with Crippen molar-refractivity contribution >= 4 is 40.5 Å². The van der Waals surface area contributed by atoms with Gasteiger partial charge in [0.2, 0.25) is 5.91 Å². The fraction of sp³-hybridized carbons (Fsp3) is 0.364. The number of amides is 2. The van der Waals surface area contributed by atoms with E-state index in [1.807, 2.05) is 4.90 Å². The Morgan fingerprint density at radius 3 is 2.94 bits per heavy atom. The van der Waals surface area contributed by atoms with Gasteiger partial charge in [-0.25, -0.2) is 0 Å². The van der Waals surface area contributed by atoms with Crippen LogP contribution in [0.1, 0.15) is 29.4 Å². The maximum Gasteiger partial charge on any atom is 0.296 e. The summed E-state index contributed by atoms with van der Waals surface area (Å²) in [4.78, 5) is 38.0. The summed E-state index contributed by atoms with van der Waals surface area (Å²) in [5.74, 6) is 0.170. The molecular formula is C22H22ClN5O4. The number of carbonyl (C=O) groups is 2. The molecule has 2 fully saturated rings. The van der Waals surface area contributed by atoms with E-state index in [-0.39, 0.29) is 23.9 Å². The van der Waals surface area contributed by atoms with Gasteiger partial charge in [0, 0.05) is 29.9 Å². The van der Waals surface area contributed by atoms with Gasteiger partial charge in [-0.05, 0) is 37.6 Å². The van der Waals surface area contributed by atoms with Gasteiger partial charge < -0.3 is 24.3 Å². The summed E-state index contributed by atoms with van der Waals surface area (Å²) in [7, 11) is 1.51. The second-order valence-electron chi connectivity index (χ2n) is 7.97. The van der Waals surface area contributed by atoms with Gasteiger partial charge in [0.15, 0.2) is 11.3 Å². The van der Waals surface area contributed by atoms with Gasteiger partial charge in [-0.1, -0.05) is 11.6 Å². The molecule has 0 aliphatic carbocycles. The minimum atomic E-state index is -0.500. The van der Waals surface area contributed by atoms with Crippen LogP contribution in [0.15, 0.2) is 34.9 Å². The molecule has 166 valence electrons. The SMILES string of the molecule is COc1cc(C(=O)N2CC3CCN3C(=O)C2C)cc2nc(NCc3cc(Cl)ccn3)oc12. The highest BCUT2D eigenvalue weighted by Gasteiger charge is 2.44. The van der Waals surface area contributed by atoms with Crippen LogP contribution < -0.4 is 10.1 Å². The second kappa shape index (κ2) is 7.98. The molecule has 2 atom stereocenters. The lowest BCUT2D eigenvalue weighted by Gasteiger charge is -2.50. The second-order valence-corrected chi connectivity index (χ2v) is 8.41. The highest BCUT2D eigenvalue weighted by Crippen LogP contribution is 2.32. The first-order valence-corrected chi connectivity index (χ1v) is 10.8. The molecule has 2 saturated heterocycles. The molecule has 1 N–H and O–H groups in total. The Labute approximate surface area is 189 Å². The molecule has 9 nitrogen and oxygen atoms in total. The van der Waals surface area contributed by atoms with Crippen molar-refractivity contribution in [3.05, 3.63) is 46.7 Å². The number of hydrogen-bond donors (Lipinski definition) is 1. The molecule has 2 aliphatic heterocycles. The lowest BCUT2D eigenvalue weighted by molar-refractivity contribution is -0.150. The predicted octanol–water partition coefficient (Wildman–Crippen LogP) is 2.94. The van der Waals surface area contributed by atoms with Gasteiger partial charge in [0.1, 0.15) is 11.6 Å². The summed E-state index contributed by atoms with van der Waals surface area (Å²) >= 11 is 6.00. The molecule has 2 amide bonds. The number of rotatable bonds is 5. The van der Waals surface area contributed by atoms with Crippen LogP contribution in [0.4, 0.5) is 6.01 Å². The molecule has 2 aliphatic rings. The highest BCUT2D eigenvalue weighted by atomic mass is 35.5. The van der Waals surface area contributed by atoms with Crippen molar-refractivity contribution in [3.63, 3.8) is 0 Å². The van der Waals surface area contributed by atoms with Crippen LogP contribution in [0.5, 0.6) is 5.75 Å². The molecule has 2 unspecified atom stereocenters. The molecule has 5 rings (SSSR count). The van der Waals surface area contributed by atoms with Gasteiger partial charge in [-0.3, -0.25) is 14.6 Å². The molecule has 1 aromatic carbocycles. The maximum atomic E-state index is 13.3. The molecule has 0 radical (unpaired) electrons. The Morgan fingerprint density at radius 1 is 1.38 bits per heavy atom. The number of carbonyl (C=O) groups excluding carboxylic acids is 2. The zero-order valence-corrected chi connectivity index (χ0v) is 18.4. The van der Waals surface area contributed by atoms with Crippen molar-refractivity contribution < 1.29 is 18.7 Å². The number of nitrogens with one attached hydrogen (secondary N) is 1. The zero-order chi connectivity index (χ0) is 22.4. The van der Waals surface area contributed by atoms with Crippen molar-refractivity contribution in [1.29, 1.82) is 0 Å². The summed E-state index contributed by atoms with van der Waals surface area (Å²) in [6, 6.07) is 6.62. The van der Waals surface area contributed by atoms with Crippen LogP contribution in [0.3, 0.4) is 0 Å². The van der Waals surface area contributed by atoms with Crippen molar-refractivity contribution in [2.75, 3.05) is 25.5 Å². The van der Waals surface area contributed by atoms with Crippen LogP contribution in [0.2, 0.25) is 5.02 Å². The first-order valence-electron chi connectivity index (χ1n) is 10.4. The number of methoxy groups -OCH3 is 1. The number of halogens is 1. The monoisotopic (exact) mass is 455 g/mol. The van der Waals surface area contributed by atoms with Gasteiger partial charge in [0.05, 0.1) is 25.4 Å². The fourth-order valence-electron chi connectivity index (χ4n) is 4.17. The molecule has 4 heterocycles. The summed E-state index contributed by atoms with van der Waals surface area (Å²) in [5.41, 5.74) is 2.04. The number of oxazole rings is 1. The van der Waals surface area contributed by atoms with E-state index >= 15 is 0 Å². The van der Waals surface area contributed by atoms with Gasteiger partial charge in [0.25, 0.3) is 11.9 Å². The normalized spacial score (nSPS) is 20.2. The van der Waals surface area contributed by atoms with Crippen LogP contribution in [0, 0.1) is 0 Å². The first-order chi connectivity index (χ1) is 15.4. The minimum Gasteiger partial charge on any atom is -0.493 e. The number of anilines is 1. The molecule has 0 bridgehead atoms. The van der Waals surface area contributed by atoms with Gasteiger partial charge >= 0.3 is 0 Å². The lowest BCUT2D eigenvalue weighted by Crippen LogP contribution is -2.67. The van der Waals surface area contributed by atoms with E-state index in [0.29, 0.717) is 40.5 Å². The first kappa shape index (κ1) is 20.6. The molecule has 0 saturated carbocycles. The Kier molecular flexibility index (Phi) is 5.13. The van der Waals surface area contributed by atoms with Crippen LogP contribution >= 0.6 is 11.6 Å². The molecule has 2 aromatic heterocycles. The smallest absolute Gasteiger partial charge is 0.296 e. The number of fused-ring (bicyclic) bond motifs is 2. The Balaban J connectivity index is 1.40. The number of pyridine rings is 1. The van der Waals surface area contributed by atoms with Crippen molar-refractivity contribution in [3.8, 4) is 5.75 Å². The van der Waals surface area contributed by atoms with E-state index in [9.17, 15) is 9.59 Å². The summed E-state index contributed by atoms with van der Waals surface area (Å²) in [6.45, 7) is 3.44. The number of benzene rings is 1. The number of piperazine rings is 1. The summed E-state index contributed by atoms with van der Waals surface area (Å²) in [6.07, 6.45) is 2.55.